The summed E-state index contributed by atoms with van der Waals surface area (Å²) in [6, 6.07) is 3.91. The zero-order chi connectivity index (χ0) is 20.5. The molecule has 0 atom stereocenters. The van der Waals surface area contributed by atoms with Gasteiger partial charge < -0.3 is 19.5 Å². The quantitative estimate of drug-likeness (QED) is 0.865. The number of fused-ring (bicyclic) bond motifs is 1. The first-order valence-corrected chi connectivity index (χ1v) is 9.82. The molecule has 0 spiro atoms. The Morgan fingerprint density at radius 3 is 2.50 bits per heavy atom. The average Bonchev–Trinajstić information content (AvgIpc) is 3.01. The van der Waals surface area contributed by atoms with Crippen molar-refractivity contribution in [3.05, 3.63) is 30.1 Å². The van der Waals surface area contributed by atoms with Crippen LogP contribution in [-0.2, 0) is 4.74 Å². The molecule has 0 aromatic carbocycles. The number of likely N-dealkylation sites (tertiary alicyclic amines) is 1. The van der Waals surface area contributed by atoms with Gasteiger partial charge in [-0.05, 0) is 65.5 Å². The molecule has 3 heterocycles. The lowest BCUT2D eigenvalue weighted by Gasteiger charge is -2.33. The lowest BCUT2D eigenvalue weighted by molar-refractivity contribution is 0.0205. The van der Waals surface area contributed by atoms with Crippen molar-refractivity contribution in [2.24, 2.45) is 0 Å². The van der Waals surface area contributed by atoms with Crippen LogP contribution in [0.25, 0.3) is 5.52 Å². The van der Waals surface area contributed by atoms with Crippen molar-refractivity contribution >= 4 is 11.6 Å². The van der Waals surface area contributed by atoms with E-state index in [2.05, 4.69) is 5.10 Å². The average molecular weight is 389 g/mol. The van der Waals surface area contributed by atoms with E-state index in [-0.39, 0.29) is 12.7 Å². The summed E-state index contributed by atoms with van der Waals surface area (Å²) < 4.78 is 12.9. The molecule has 7 heteroatoms. The number of amides is 1. The highest BCUT2D eigenvalue weighted by Crippen LogP contribution is 2.32. The molecule has 1 aliphatic rings. The number of hydrogen-bond donors (Lipinski definition) is 1. The highest BCUT2D eigenvalue weighted by atomic mass is 16.6. The van der Waals surface area contributed by atoms with Crippen LogP contribution in [0.2, 0.25) is 0 Å². The monoisotopic (exact) mass is 389 g/mol. The normalized spacial score (nSPS) is 16.4. The Morgan fingerprint density at radius 1 is 1.21 bits per heavy atom. The molecule has 1 N–H and O–H groups in total. The fourth-order valence-corrected chi connectivity index (χ4v) is 3.34. The third-order valence-corrected chi connectivity index (χ3v) is 4.70. The second kappa shape index (κ2) is 7.62. The van der Waals surface area contributed by atoms with Gasteiger partial charge in [0.1, 0.15) is 18.0 Å². The summed E-state index contributed by atoms with van der Waals surface area (Å²) in [5, 5.41) is 14.3. The highest BCUT2D eigenvalue weighted by molar-refractivity contribution is 5.68. The van der Waals surface area contributed by atoms with E-state index in [1.54, 1.807) is 18.7 Å². The van der Waals surface area contributed by atoms with Crippen LogP contribution in [0.1, 0.15) is 58.9 Å². The van der Waals surface area contributed by atoms with Gasteiger partial charge >= 0.3 is 6.09 Å². The predicted octanol–water partition coefficient (Wildman–Crippen LogP) is 3.60. The summed E-state index contributed by atoms with van der Waals surface area (Å²) in [7, 11) is 0. The topological polar surface area (TPSA) is 76.3 Å². The van der Waals surface area contributed by atoms with Crippen LogP contribution in [-0.4, -0.2) is 56.6 Å². The predicted molar refractivity (Wildman–Crippen MR) is 107 cm³/mol. The summed E-state index contributed by atoms with van der Waals surface area (Å²) in [6.07, 6.45) is 5.28. The van der Waals surface area contributed by atoms with Gasteiger partial charge in [0.25, 0.3) is 0 Å². The molecular formula is C21H31N3O4. The second-order valence-corrected chi connectivity index (χ2v) is 9.14. The van der Waals surface area contributed by atoms with Gasteiger partial charge in [0.15, 0.2) is 0 Å². The molecule has 0 unspecified atom stereocenters. The third kappa shape index (κ3) is 5.16. The smallest absolute Gasteiger partial charge is 0.410 e. The molecule has 154 valence electrons. The minimum atomic E-state index is -0.883. The molecule has 0 bridgehead atoms. The summed E-state index contributed by atoms with van der Waals surface area (Å²) in [5.74, 6) is 1.03. The van der Waals surface area contributed by atoms with Crippen molar-refractivity contribution in [3.63, 3.8) is 0 Å². The van der Waals surface area contributed by atoms with Gasteiger partial charge in [-0.15, -0.1) is 0 Å². The number of aliphatic hydroxyl groups is 1. The van der Waals surface area contributed by atoms with Gasteiger partial charge in [-0.3, -0.25) is 0 Å². The van der Waals surface area contributed by atoms with Gasteiger partial charge in [-0.1, -0.05) is 0 Å². The van der Waals surface area contributed by atoms with E-state index >= 15 is 0 Å². The third-order valence-electron chi connectivity index (χ3n) is 4.70. The summed E-state index contributed by atoms with van der Waals surface area (Å²) in [6.45, 7) is 10.7. The van der Waals surface area contributed by atoms with Crippen LogP contribution in [0.4, 0.5) is 4.79 Å². The van der Waals surface area contributed by atoms with Crippen LogP contribution < -0.4 is 4.74 Å². The Hall–Kier alpha value is -2.28. The van der Waals surface area contributed by atoms with Crippen molar-refractivity contribution in [2.45, 2.75) is 64.6 Å². The lowest BCUT2D eigenvalue weighted by Crippen LogP contribution is -2.41. The second-order valence-electron chi connectivity index (χ2n) is 9.14. The molecule has 3 rings (SSSR count). The van der Waals surface area contributed by atoms with Crippen LogP contribution >= 0.6 is 0 Å². The molecule has 7 nitrogen and oxygen atoms in total. The van der Waals surface area contributed by atoms with E-state index in [0.717, 1.165) is 18.4 Å². The number of rotatable bonds is 4. The van der Waals surface area contributed by atoms with E-state index in [0.29, 0.717) is 24.8 Å². The molecule has 2 aromatic rings. The number of carbonyl (C=O) groups excluding carboxylic acids is 1. The maximum absolute atomic E-state index is 12.2. The Balaban J connectivity index is 1.64. The fourth-order valence-electron chi connectivity index (χ4n) is 3.34. The number of nitrogens with zero attached hydrogens (tertiary/aromatic N) is 3. The molecule has 28 heavy (non-hydrogen) atoms. The number of aromatic nitrogens is 2. The number of ether oxygens (including phenoxy) is 2. The zero-order valence-electron chi connectivity index (χ0n) is 17.4. The maximum atomic E-state index is 12.2. The van der Waals surface area contributed by atoms with Gasteiger partial charge in [-0.2, -0.15) is 5.10 Å². The van der Waals surface area contributed by atoms with Gasteiger partial charge in [0.05, 0.1) is 23.5 Å². The molecule has 0 saturated carbocycles. The van der Waals surface area contributed by atoms with Crippen molar-refractivity contribution in [3.8, 4) is 5.75 Å². The van der Waals surface area contributed by atoms with Crippen LogP contribution in [0.15, 0.2) is 24.5 Å². The van der Waals surface area contributed by atoms with E-state index in [1.165, 1.54) is 5.56 Å². The molecule has 1 fully saturated rings. The van der Waals surface area contributed by atoms with Crippen molar-refractivity contribution in [2.75, 3.05) is 19.7 Å². The highest BCUT2D eigenvalue weighted by Gasteiger charge is 2.28. The molecule has 0 aliphatic carbocycles. The molecular weight excluding hydrogens is 358 g/mol. The Bertz CT molecular complexity index is 824. The van der Waals surface area contributed by atoms with Crippen LogP contribution in [0.5, 0.6) is 5.75 Å². The summed E-state index contributed by atoms with van der Waals surface area (Å²) >= 11 is 0. The van der Waals surface area contributed by atoms with E-state index in [1.807, 2.05) is 49.8 Å². The number of piperidine rings is 1. The Kier molecular flexibility index (Phi) is 5.57. The van der Waals surface area contributed by atoms with Gasteiger partial charge in [0.2, 0.25) is 0 Å². The SMILES string of the molecule is CC(C)(O)COc1ccc2c(C3CCN(C(=O)OC(C)(C)C)CC3)cnn2c1. The Morgan fingerprint density at radius 2 is 1.89 bits per heavy atom. The lowest BCUT2D eigenvalue weighted by atomic mass is 9.90. The minimum absolute atomic E-state index is 0.218. The van der Waals surface area contributed by atoms with Crippen molar-refractivity contribution in [1.29, 1.82) is 0 Å². The number of hydrogen-bond acceptors (Lipinski definition) is 5. The van der Waals surface area contributed by atoms with E-state index in [4.69, 9.17) is 9.47 Å². The van der Waals surface area contributed by atoms with E-state index in [9.17, 15) is 9.90 Å². The first kappa shape index (κ1) is 20.5. The van der Waals surface area contributed by atoms with Gasteiger partial charge in [0, 0.05) is 18.7 Å². The summed E-state index contributed by atoms with van der Waals surface area (Å²) in [4.78, 5) is 14.0. The first-order chi connectivity index (χ1) is 13.0. The largest absolute Gasteiger partial charge is 0.489 e. The fraction of sp³-hybridized carbons (Fsp3) is 0.619. The minimum Gasteiger partial charge on any atom is -0.489 e. The van der Waals surface area contributed by atoms with E-state index < -0.39 is 11.2 Å². The van der Waals surface area contributed by atoms with Gasteiger partial charge in [-0.25, -0.2) is 9.31 Å². The first-order valence-electron chi connectivity index (χ1n) is 9.82. The molecule has 0 radical (unpaired) electrons. The van der Waals surface area contributed by atoms with Crippen LogP contribution in [0, 0.1) is 0 Å². The molecule has 1 saturated heterocycles. The molecule has 1 aliphatic heterocycles. The number of pyridine rings is 1. The molecule has 2 aromatic heterocycles. The zero-order valence-corrected chi connectivity index (χ0v) is 17.4. The van der Waals surface area contributed by atoms with Crippen molar-refractivity contribution < 1.29 is 19.4 Å². The molecule has 1 amide bonds. The Labute approximate surface area is 166 Å². The summed E-state index contributed by atoms with van der Waals surface area (Å²) in [5.41, 5.74) is 0.887. The standard InChI is InChI=1S/C21H31N3O4/c1-20(2,3)28-19(25)23-10-8-15(9-11-23)17-12-22-24-13-16(6-7-18(17)24)27-14-21(4,5)26/h6-7,12-13,15,26H,8-11,14H2,1-5H3. The maximum Gasteiger partial charge on any atom is 0.410 e. The van der Waals surface area contributed by atoms with Crippen LogP contribution in [0.3, 0.4) is 0 Å². The van der Waals surface area contributed by atoms with Crippen molar-refractivity contribution in [1.82, 2.24) is 14.5 Å². The number of carbonyl (C=O) groups is 1.